The van der Waals surface area contributed by atoms with Gasteiger partial charge in [0.25, 0.3) is 23.6 Å². The van der Waals surface area contributed by atoms with Gasteiger partial charge in [0.1, 0.15) is 12.1 Å². The van der Waals surface area contributed by atoms with Crippen molar-refractivity contribution in [2.45, 2.75) is 89.1 Å². The van der Waals surface area contributed by atoms with Gasteiger partial charge in [-0.15, -0.1) is 0 Å². The minimum absolute atomic E-state index is 0.00174. The van der Waals surface area contributed by atoms with Crippen LogP contribution in [0.15, 0.2) is 36.4 Å². The molecular formula is C36H36N6O10. The molecule has 4 aliphatic heterocycles. The highest BCUT2D eigenvalue weighted by atomic mass is 16.2. The lowest BCUT2D eigenvalue weighted by molar-refractivity contribution is -0.137. The second-order valence-corrected chi connectivity index (χ2v) is 13.1. The van der Waals surface area contributed by atoms with Gasteiger partial charge in [-0.25, -0.2) is 0 Å². The number of amides is 10. The third-order valence-corrected chi connectivity index (χ3v) is 9.54. The topological polar surface area (TPSA) is 225 Å². The van der Waals surface area contributed by atoms with E-state index in [1.54, 1.807) is 12.1 Å². The van der Waals surface area contributed by atoms with E-state index in [9.17, 15) is 47.9 Å². The number of fused-ring (bicyclic) bond motifs is 2. The summed E-state index contributed by atoms with van der Waals surface area (Å²) >= 11 is 0. The smallest absolute Gasteiger partial charge is 0.264 e. The van der Waals surface area contributed by atoms with Crippen LogP contribution in [0.4, 0.5) is 11.4 Å². The van der Waals surface area contributed by atoms with Gasteiger partial charge in [0, 0.05) is 25.7 Å². The number of nitrogens with zero attached hydrogens (tertiary/aromatic N) is 2. The van der Waals surface area contributed by atoms with Crippen molar-refractivity contribution in [3.63, 3.8) is 0 Å². The number of nitrogens with one attached hydrogen (secondary N) is 4. The van der Waals surface area contributed by atoms with Gasteiger partial charge >= 0.3 is 0 Å². The molecule has 2 atom stereocenters. The molecule has 0 radical (unpaired) electrons. The number of carbonyl (C=O) groups is 10. The number of benzene rings is 2. The summed E-state index contributed by atoms with van der Waals surface area (Å²) in [5.74, 6) is -5.75. The Labute approximate surface area is 297 Å². The Morgan fingerprint density at radius 3 is 1.33 bits per heavy atom. The maximum Gasteiger partial charge on any atom is 0.264 e. The molecule has 2 unspecified atom stereocenters. The normalized spacial score (nSPS) is 19.8. The maximum absolute atomic E-state index is 13.2. The third-order valence-electron chi connectivity index (χ3n) is 9.54. The Balaban J connectivity index is 0.905. The first-order valence-electron chi connectivity index (χ1n) is 17.2. The molecule has 16 nitrogen and oxygen atoms in total. The first-order valence-corrected chi connectivity index (χ1v) is 17.2. The molecule has 0 bridgehead atoms. The van der Waals surface area contributed by atoms with Crippen LogP contribution in [0.3, 0.4) is 0 Å². The summed E-state index contributed by atoms with van der Waals surface area (Å²) in [7, 11) is 0. The van der Waals surface area contributed by atoms with Crippen molar-refractivity contribution < 1.29 is 47.9 Å². The molecule has 4 heterocycles. The molecule has 52 heavy (non-hydrogen) atoms. The van der Waals surface area contributed by atoms with Crippen molar-refractivity contribution in [3.8, 4) is 0 Å². The lowest BCUT2D eigenvalue weighted by Gasteiger charge is -2.27. The molecule has 0 aromatic heterocycles. The van der Waals surface area contributed by atoms with Crippen LogP contribution in [0, 0.1) is 0 Å². The van der Waals surface area contributed by atoms with Gasteiger partial charge < -0.3 is 10.6 Å². The van der Waals surface area contributed by atoms with E-state index in [0.717, 1.165) is 35.5 Å². The van der Waals surface area contributed by atoms with Gasteiger partial charge in [0.2, 0.25) is 35.4 Å². The second kappa shape index (κ2) is 15.0. The van der Waals surface area contributed by atoms with Crippen LogP contribution >= 0.6 is 0 Å². The second-order valence-electron chi connectivity index (χ2n) is 13.1. The SMILES string of the molecule is O=C1CCC(N2C(=O)c3cccc(NC(=O)CCCCCCCCC(=O)Nc4cccc5c4C(=O)N(C4CCC(=O)NC4=O)C5=O)c3C2=O)C(=O)N1. The predicted octanol–water partition coefficient (Wildman–Crippen LogP) is 2.19. The first-order chi connectivity index (χ1) is 25.0. The molecule has 16 heteroatoms. The molecule has 2 aromatic carbocycles. The van der Waals surface area contributed by atoms with E-state index in [2.05, 4.69) is 21.3 Å². The molecule has 270 valence electrons. The summed E-state index contributed by atoms with van der Waals surface area (Å²) in [6.07, 6.45) is 4.64. The average molecular weight is 713 g/mol. The van der Waals surface area contributed by atoms with Crippen LogP contribution < -0.4 is 21.3 Å². The van der Waals surface area contributed by atoms with Crippen molar-refractivity contribution in [3.05, 3.63) is 58.7 Å². The highest BCUT2D eigenvalue weighted by Crippen LogP contribution is 2.34. The highest BCUT2D eigenvalue weighted by molar-refractivity contribution is 6.27. The third kappa shape index (κ3) is 7.08. The zero-order valence-corrected chi connectivity index (χ0v) is 28.1. The standard InChI is InChI=1S/C36H36N6O10/c43-25(37-21-11-7-9-19-29(21)35(51)41(33(19)49)23-15-17-27(45)39-31(23)47)13-5-3-1-2-4-6-14-26(44)38-22-12-8-10-20-30(22)36(52)42(34(20)50)24-16-18-28(46)40-32(24)48/h7-12,23-24H,1-6,13-18H2,(H,37,43)(H,38,44)(H,39,45,47)(H,40,46,48). The molecule has 0 aliphatic carbocycles. The van der Waals surface area contributed by atoms with Crippen molar-refractivity contribution in [1.82, 2.24) is 20.4 Å². The summed E-state index contributed by atoms with van der Waals surface area (Å²) in [5.41, 5.74) is 0.540. The molecule has 4 aliphatic rings. The Bertz CT molecular complexity index is 1800. The predicted molar refractivity (Wildman–Crippen MR) is 180 cm³/mol. The lowest BCUT2D eigenvalue weighted by Crippen LogP contribution is -2.54. The minimum Gasteiger partial charge on any atom is -0.325 e. The van der Waals surface area contributed by atoms with Crippen LogP contribution in [-0.4, -0.2) is 81.0 Å². The fourth-order valence-corrected chi connectivity index (χ4v) is 6.94. The van der Waals surface area contributed by atoms with Crippen molar-refractivity contribution in [1.29, 1.82) is 0 Å². The monoisotopic (exact) mass is 712 g/mol. The van der Waals surface area contributed by atoms with E-state index < -0.39 is 59.3 Å². The Morgan fingerprint density at radius 1 is 0.558 bits per heavy atom. The van der Waals surface area contributed by atoms with Crippen molar-refractivity contribution >= 4 is 70.4 Å². The fourth-order valence-electron chi connectivity index (χ4n) is 6.94. The van der Waals surface area contributed by atoms with Gasteiger partial charge in [0.05, 0.1) is 33.6 Å². The minimum atomic E-state index is -1.11. The van der Waals surface area contributed by atoms with E-state index >= 15 is 0 Å². The van der Waals surface area contributed by atoms with Crippen LogP contribution in [0.5, 0.6) is 0 Å². The van der Waals surface area contributed by atoms with E-state index in [4.69, 9.17) is 0 Å². The van der Waals surface area contributed by atoms with Gasteiger partial charge in [-0.05, 0) is 49.9 Å². The zero-order valence-electron chi connectivity index (χ0n) is 28.1. The fraction of sp³-hybridized carbons (Fsp3) is 0.389. The number of rotatable bonds is 13. The van der Waals surface area contributed by atoms with E-state index in [-0.39, 0.29) is 84.0 Å². The van der Waals surface area contributed by atoms with Crippen LogP contribution in [0.25, 0.3) is 0 Å². The first kappa shape index (κ1) is 35.8. The largest absolute Gasteiger partial charge is 0.325 e. The summed E-state index contributed by atoms with van der Waals surface area (Å²) < 4.78 is 0. The number of unbranched alkanes of at least 4 members (excludes halogenated alkanes) is 5. The number of anilines is 2. The summed E-state index contributed by atoms with van der Waals surface area (Å²) in [5, 5.41) is 9.73. The van der Waals surface area contributed by atoms with Crippen molar-refractivity contribution in [2.75, 3.05) is 10.6 Å². The number of hydrogen-bond acceptors (Lipinski definition) is 10. The molecular weight excluding hydrogens is 676 g/mol. The Morgan fingerprint density at radius 2 is 0.942 bits per heavy atom. The number of imide groups is 4. The zero-order chi connectivity index (χ0) is 37.1. The Kier molecular flexibility index (Phi) is 10.3. The summed E-state index contributed by atoms with van der Waals surface area (Å²) in [6, 6.07) is 6.81. The number of carbonyl (C=O) groups excluding carboxylic acids is 10. The van der Waals surface area contributed by atoms with Crippen LogP contribution in [0.2, 0.25) is 0 Å². The van der Waals surface area contributed by atoms with E-state index in [0.29, 0.717) is 12.8 Å². The Hall–Kier alpha value is -6.06. The quantitative estimate of drug-likeness (QED) is 0.175. The van der Waals surface area contributed by atoms with Gasteiger partial charge in [-0.2, -0.15) is 0 Å². The van der Waals surface area contributed by atoms with Crippen LogP contribution in [-0.2, 0) is 28.8 Å². The van der Waals surface area contributed by atoms with Crippen molar-refractivity contribution in [2.24, 2.45) is 0 Å². The number of piperidine rings is 2. The maximum atomic E-state index is 13.2. The van der Waals surface area contributed by atoms with Gasteiger partial charge in [-0.3, -0.25) is 68.4 Å². The van der Waals surface area contributed by atoms with Gasteiger partial charge in [-0.1, -0.05) is 37.8 Å². The van der Waals surface area contributed by atoms with E-state index in [1.807, 2.05) is 0 Å². The molecule has 10 amide bonds. The summed E-state index contributed by atoms with van der Waals surface area (Å²) in [4.78, 5) is 127. The average Bonchev–Trinajstić information content (AvgIpc) is 3.51. The van der Waals surface area contributed by atoms with Crippen LogP contribution in [0.1, 0.15) is 118 Å². The molecule has 6 rings (SSSR count). The highest BCUT2D eigenvalue weighted by Gasteiger charge is 2.47. The molecule has 0 saturated carbocycles. The molecule has 2 aromatic rings. The van der Waals surface area contributed by atoms with Gasteiger partial charge in [0.15, 0.2) is 0 Å². The summed E-state index contributed by atoms with van der Waals surface area (Å²) in [6.45, 7) is 0. The molecule has 2 fully saturated rings. The van der Waals surface area contributed by atoms with E-state index in [1.165, 1.54) is 24.3 Å². The lowest BCUT2D eigenvalue weighted by atomic mass is 10.0. The molecule has 4 N–H and O–H groups in total. The number of hydrogen-bond donors (Lipinski definition) is 4. The molecule has 2 saturated heterocycles. The molecule has 0 spiro atoms.